The van der Waals surface area contributed by atoms with Crippen LogP contribution in [0.1, 0.15) is 41.9 Å². The monoisotopic (exact) mass is 393 g/mol. The molecule has 0 aliphatic carbocycles. The van der Waals surface area contributed by atoms with Crippen molar-refractivity contribution in [2.75, 3.05) is 18.4 Å². The van der Waals surface area contributed by atoms with Crippen LogP contribution in [-0.4, -0.2) is 36.7 Å². The van der Waals surface area contributed by atoms with Crippen LogP contribution in [0.4, 0.5) is 5.69 Å². The summed E-state index contributed by atoms with van der Waals surface area (Å²) >= 11 is 1.65. The maximum atomic E-state index is 13.1. The van der Waals surface area contributed by atoms with Gasteiger partial charge in [-0.25, -0.2) is 13.4 Å². The molecule has 0 atom stereocenters. The highest BCUT2D eigenvalue weighted by molar-refractivity contribution is 7.89. The molecule has 6 nitrogen and oxygen atoms in total. The molecule has 0 bridgehead atoms. The summed E-state index contributed by atoms with van der Waals surface area (Å²) in [5, 5.41) is 5.79. The zero-order valence-corrected chi connectivity index (χ0v) is 16.8. The van der Waals surface area contributed by atoms with Crippen molar-refractivity contribution in [2.24, 2.45) is 0 Å². The van der Waals surface area contributed by atoms with E-state index in [-0.39, 0.29) is 10.8 Å². The Kier molecular flexibility index (Phi) is 5.45. The molecular formula is C18H23N3O3S2. The average molecular weight is 394 g/mol. The number of sulfonamides is 1. The second-order valence-corrected chi connectivity index (χ2v) is 9.46. The van der Waals surface area contributed by atoms with E-state index in [0.717, 1.165) is 23.5 Å². The number of aromatic nitrogens is 1. The fourth-order valence-corrected chi connectivity index (χ4v) is 5.89. The van der Waals surface area contributed by atoms with E-state index in [1.807, 2.05) is 12.3 Å². The molecule has 2 heterocycles. The van der Waals surface area contributed by atoms with E-state index >= 15 is 0 Å². The number of nitrogens with zero attached hydrogens (tertiary/aromatic N) is 2. The molecule has 0 saturated carbocycles. The average Bonchev–Trinajstić information content (AvgIpc) is 3.02. The van der Waals surface area contributed by atoms with Crippen molar-refractivity contribution in [1.29, 1.82) is 0 Å². The van der Waals surface area contributed by atoms with E-state index in [9.17, 15) is 13.2 Å². The highest BCUT2D eigenvalue weighted by Gasteiger charge is 2.32. The third-order valence-corrected chi connectivity index (χ3v) is 7.73. The summed E-state index contributed by atoms with van der Waals surface area (Å²) < 4.78 is 27.7. The molecule has 140 valence electrons. The van der Waals surface area contributed by atoms with Gasteiger partial charge < -0.3 is 5.32 Å². The van der Waals surface area contributed by atoms with Gasteiger partial charge in [0, 0.05) is 42.7 Å². The Labute approximate surface area is 158 Å². The molecule has 1 N–H and O–H groups in total. The zero-order chi connectivity index (χ0) is 18.9. The second kappa shape index (κ2) is 7.46. The second-order valence-electron chi connectivity index (χ2n) is 6.67. The van der Waals surface area contributed by atoms with Crippen LogP contribution in [0.25, 0.3) is 0 Å². The lowest BCUT2D eigenvalue weighted by atomic mass is 9.99. The van der Waals surface area contributed by atoms with Crippen molar-refractivity contribution < 1.29 is 13.2 Å². The molecule has 1 amide bonds. The maximum Gasteiger partial charge on any atom is 0.243 e. The van der Waals surface area contributed by atoms with Gasteiger partial charge in [-0.1, -0.05) is 6.07 Å². The fraction of sp³-hybridized carbons (Fsp3) is 0.444. The van der Waals surface area contributed by atoms with E-state index in [0.29, 0.717) is 30.3 Å². The molecule has 1 aliphatic heterocycles. The number of hydrogen-bond donors (Lipinski definition) is 1. The number of piperidine rings is 1. The van der Waals surface area contributed by atoms with E-state index in [2.05, 4.69) is 10.3 Å². The van der Waals surface area contributed by atoms with Gasteiger partial charge in [0.2, 0.25) is 15.9 Å². The summed E-state index contributed by atoms with van der Waals surface area (Å²) in [5.74, 6) is 0.101. The van der Waals surface area contributed by atoms with Crippen molar-refractivity contribution >= 4 is 33.0 Å². The minimum Gasteiger partial charge on any atom is -0.326 e. The lowest BCUT2D eigenvalue weighted by molar-refractivity contribution is -0.114. The number of amides is 1. The summed E-state index contributed by atoms with van der Waals surface area (Å²) in [4.78, 5) is 16.1. The molecule has 2 aromatic rings. The molecule has 0 unspecified atom stereocenters. The lowest BCUT2D eigenvalue weighted by Crippen LogP contribution is -2.38. The molecule has 1 saturated heterocycles. The fourth-order valence-electron chi connectivity index (χ4n) is 3.20. The van der Waals surface area contributed by atoms with Crippen molar-refractivity contribution in [3.63, 3.8) is 0 Å². The summed E-state index contributed by atoms with van der Waals surface area (Å²) in [5.41, 5.74) is 2.19. The molecule has 3 rings (SSSR count). The highest BCUT2D eigenvalue weighted by Crippen LogP contribution is 2.33. The lowest BCUT2D eigenvalue weighted by Gasteiger charge is -2.30. The molecule has 1 aliphatic rings. The number of anilines is 1. The number of rotatable bonds is 4. The van der Waals surface area contributed by atoms with Gasteiger partial charge in [-0.2, -0.15) is 4.31 Å². The van der Waals surface area contributed by atoms with Crippen LogP contribution in [-0.2, 0) is 14.8 Å². The van der Waals surface area contributed by atoms with Crippen molar-refractivity contribution in [3.8, 4) is 0 Å². The number of carbonyl (C=O) groups is 1. The first kappa shape index (κ1) is 19.0. The summed E-state index contributed by atoms with van der Waals surface area (Å²) in [6.07, 6.45) is 1.55. The Morgan fingerprint density at radius 2 is 1.96 bits per heavy atom. The summed E-state index contributed by atoms with van der Waals surface area (Å²) in [6, 6.07) is 4.98. The molecule has 26 heavy (non-hydrogen) atoms. The third-order valence-electron chi connectivity index (χ3n) is 4.57. The first-order valence-corrected chi connectivity index (χ1v) is 10.9. The number of hydrogen-bond acceptors (Lipinski definition) is 5. The van der Waals surface area contributed by atoms with Crippen molar-refractivity contribution in [3.05, 3.63) is 39.8 Å². The van der Waals surface area contributed by atoms with Gasteiger partial charge in [0.15, 0.2) is 0 Å². The molecule has 0 spiro atoms. The number of benzene rings is 1. The first-order chi connectivity index (χ1) is 12.3. The molecule has 1 aromatic carbocycles. The predicted molar refractivity (Wildman–Crippen MR) is 103 cm³/mol. The van der Waals surface area contributed by atoms with Gasteiger partial charge in [-0.3, -0.25) is 4.79 Å². The van der Waals surface area contributed by atoms with Crippen LogP contribution in [0.3, 0.4) is 0 Å². The Bertz CT molecular complexity index is 914. The Morgan fingerprint density at radius 1 is 1.27 bits per heavy atom. The van der Waals surface area contributed by atoms with Crippen LogP contribution < -0.4 is 5.32 Å². The first-order valence-electron chi connectivity index (χ1n) is 8.58. The van der Waals surface area contributed by atoms with Gasteiger partial charge in [0.05, 0.1) is 9.90 Å². The highest BCUT2D eigenvalue weighted by atomic mass is 32.2. The number of nitrogens with one attached hydrogen (secondary N) is 1. The number of aryl methyl sites for hydroxylation is 2. The normalized spacial score (nSPS) is 16.6. The molecule has 1 fully saturated rings. The van der Waals surface area contributed by atoms with Gasteiger partial charge in [-0.15, -0.1) is 11.3 Å². The topological polar surface area (TPSA) is 79.4 Å². The van der Waals surface area contributed by atoms with Gasteiger partial charge in [0.1, 0.15) is 0 Å². The van der Waals surface area contributed by atoms with Crippen LogP contribution in [0.2, 0.25) is 0 Å². The zero-order valence-electron chi connectivity index (χ0n) is 15.2. The Morgan fingerprint density at radius 3 is 2.54 bits per heavy atom. The van der Waals surface area contributed by atoms with Crippen LogP contribution in [0, 0.1) is 13.8 Å². The minimum atomic E-state index is -3.59. The van der Waals surface area contributed by atoms with E-state index in [4.69, 9.17) is 0 Å². The van der Waals surface area contributed by atoms with Gasteiger partial charge in [0.25, 0.3) is 0 Å². The Balaban J connectivity index is 1.78. The van der Waals surface area contributed by atoms with Crippen molar-refractivity contribution in [1.82, 2.24) is 9.29 Å². The number of carbonyl (C=O) groups excluding carboxylic acids is 1. The molecule has 1 aromatic heterocycles. The van der Waals surface area contributed by atoms with Crippen LogP contribution >= 0.6 is 11.3 Å². The number of thiazole rings is 1. The van der Waals surface area contributed by atoms with Gasteiger partial charge >= 0.3 is 0 Å². The molecule has 8 heteroatoms. The van der Waals surface area contributed by atoms with Crippen LogP contribution in [0.5, 0.6) is 0 Å². The summed E-state index contributed by atoms with van der Waals surface area (Å²) in [7, 11) is -3.59. The standard InChI is InChI=1S/C18H23N3O3S2/c1-12-4-5-16(20-14(3)22)10-17(12)26(23,24)21-8-6-15(7-9-21)18-19-13(2)11-25-18/h4-5,10-11,15H,6-9H2,1-3H3,(H,20,22). The maximum absolute atomic E-state index is 13.1. The minimum absolute atomic E-state index is 0.225. The molecule has 0 radical (unpaired) electrons. The predicted octanol–water partition coefficient (Wildman–Crippen LogP) is 3.29. The van der Waals surface area contributed by atoms with Crippen LogP contribution in [0.15, 0.2) is 28.5 Å². The Hall–Kier alpha value is -1.77. The quantitative estimate of drug-likeness (QED) is 0.864. The summed E-state index contributed by atoms with van der Waals surface area (Å²) in [6.45, 7) is 6.12. The smallest absolute Gasteiger partial charge is 0.243 e. The van der Waals surface area contributed by atoms with E-state index in [1.54, 1.807) is 40.8 Å². The van der Waals surface area contributed by atoms with Gasteiger partial charge in [-0.05, 0) is 44.4 Å². The van der Waals surface area contributed by atoms with E-state index < -0.39 is 10.0 Å². The van der Waals surface area contributed by atoms with Crippen molar-refractivity contribution in [2.45, 2.75) is 44.4 Å². The van der Waals surface area contributed by atoms with E-state index in [1.165, 1.54) is 6.92 Å². The molecular weight excluding hydrogens is 370 g/mol. The largest absolute Gasteiger partial charge is 0.326 e. The SMILES string of the molecule is CC(=O)Nc1ccc(C)c(S(=O)(=O)N2CCC(c3nc(C)cs3)CC2)c1. The third kappa shape index (κ3) is 3.97.